The third-order valence-corrected chi connectivity index (χ3v) is 3.14. The van der Waals surface area contributed by atoms with Crippen LogP contribution in [0.1, 0.15) is 23.0 Å². The van der Waals surface area contributed by atoms with E-state index in [0.717, 1.165) is 17.0 Å². The van der Waals surface area contributed by atoms with Gasteiger partial charge in [0.1, 0.15) is 11.8 Å². The van der Waals surface area contributed by atoms with E-state index >= 15 is 0 Å². The molecule has 1 aromatic carbocycles. The second kappa shape index (κ2) is 5.73. The molecule has 2 rings (SSSR count). The number of benzene rings is 1. The maximum absolute atomic E-state index is 11.0. The van der Waals surface area contributed by atoms with Crippen LogP contribution in [0.4, 0.5) is 0 Å². The normalized spacial score (nSPS) is 12.2. The van der Waals surface area contributed by atoms with Gasteiger partial charge in [-0.1, -0.05) is 12.1 Å². The molecule has 0 amide bonds. The Kier molecular flexibility index (Phi) is 4.02. The van der Waals surface area contributed by atoms with E-state index < -0.39 is 6.04 Å². The molecular weight excluding hydrogens is 258 g/mol. The van der Waals surface area contributed by atoms with E-state index in [-0.39, 0.29) is 11.5 Å². The maximum Gasteiger partial charge on any atom is 0.230 e. The third kappa shape index (κ3) is 2.96. The fourth-order valence-electron chi connectivity index (χ4n) is 2.28. The van der Waals surface area contributed by atoms with Crippen LogP contribution in [-0.4, -0.2) is 28.4 Å². The highest BCUT2D eigenvalue weighted by Crippen LogP contribution is 2.24. The van der Waals surface area contributed by atoms with E-state index in [4.69, 9.17) is 4.74 Å². The van der Waals surface area contributed by atoms with Crippen molar-refractivity contribution in [3.63, 3.8) is 0 Å². The lowest BCUT2D eigenvalue weighted by Crippen LogP contribution is -2.22. The summed E-state index contributed by atoms with van der Waals surface area (Å²) in [6.07, 6.45) is 0. The summed E-state index contributed by atoms with van der Waals surface area (Å²) in [6.45, 7) is 3.56. The average molecular weight is 275 g/mol. The Labute approximate surface area is 117 Å². The number of methoxy groups -OCH3 is 1. The fourth-order valence-corrected chi connectivity index (χ4v) is 2.28. The van der Waals surface area contributed by atoms with Gasteiger partial charge >= 0.3 is 0 Å². The summed E-state index contributed by atoms with van der Waals surface area (Å²) in [5, 5.41) is 15.3. The molecule has 0 spiro atoms. The Morgan fingerprint density at radius 2 is 2.15 bits per heavy atom. The summed E-state index contributed by atoms with van der Waals surface area (Å²) in [5.41, 5.74) is 2.56. The minimum atomic E-state index is -0.436. The van der Waals surface area contributed by atoms with Gasteiger partial charge in [-0.15, -0.1) is 0 Å². The monoisotopic (exact) mass is 275 g/mol. The summed E-state index contributed by atoms with van der Waals surface area (Å²) < 4.78 is 6.88. The van der Waals surface area contributed by atoms with Crippen molar-refractivity contribution in [3.05, 3.63) is 57.4 Å². The average Bonchev–Trinajstić information content (AvgIpc) is 2.74. The number of hydrogen-bond donors (Lipinski definition) is 0. The van der Waals surface area contributed by atoms with E-state index in [0.29, 0.717) is 5.75 Å². The molecule has 6 heteroatoms. The standard InChI is InChI=1S/C14H17N3O3/c1-10-7-11(2)17(15-10)14(9-16(18)19)12-5-4-6-13(8-12)20-3/h4-8,14H,9H2,1-3H3/t14-/m0/s1. The molecule has 1 atom stereocenters. The van der Waals surface area contributed by atoms with Gasteiger partial charge in [-0.25, -0.2) is 0 Å². The van der Waals surface area contributed by atoms with Crippen LogP contribution in [0.2, 0.25) is 0 Å². The van der Waals surface area contributed by atoms with Gasteiger partial charge in [0.05, 0.1) is 12.8 Å². The lowest BCUT2D eigenvalue weighted by atomic mass is 10.1. The van der Waals surface area contributed by atoms with Crippen molar-refractivity contribution in [2.45, 2.75) is 19.9 Å². The maximum atomic E-state index is 11.0. The number of hydrogen-bond acceptors (Lipinski definition) is 4. The van der Waals surface area contributed by atoms with Gasteiger partial charge < -0.3 is 4.74 Å². The van der Waals surface area contributed by atoms with Gasteiger partial charge in [-0.2, -0.15) is 5.10 Å². The van der Waals surface area contributed by atoms with Gasteiger partial charge in [0, 0.05) is 10.6 Å². The number of aryl methyl sites for hydroxylation is 2. The zero-order valence-electron chi connectivity index (χ0n) is 11.7. The molecule has 0 radical (unpaired) electrons. The lowest BCUT2D eigenvalue weighted by Gasteiger charge is -2.16. The molecule has 0 bridgehead atoms. The largest absolute Gasteiger partial charge is 0.497 e. The van der Waals surface area contributed by atoms with Crippen LogP contribution < -0.4 is 4.74 Å². The molecule has 0 N–H and O–H groups in total. The number of nitrogens with zero attached hydrogens (tertiary/aromatic N) is 3. The lowest BCUT2D eigenvalue weighted by molar-refractivity contribution is -0.484. The highest BCUT2D eigenvalue weighted by atomic mass is 16.6. The Balaban J connectivity index is 2.46. The van der Waals surface area contributed by atoms with Crippen LogP contribution in [0.3, 0.4) is 0 Å². The highest BCUT2D eigenvalue weighted by molar-refractivity contribution is 5.31. The first-order chi connectivity index (χ1) is 9.51. The second-order valence-electron chi connectivity index (χ2n) is 4.68. The number of aromatic nitrogens is 2. The molecule has 106 valence electrons. The van der Waals surface area contributed by atoms with E-state index in [9.17, 15) is 10.1 Å². The van der Waals surface area contributed by atoms with Crippen LogP contribution in [-0.2, 0) is 0 Å². The molecule has 6 nitrogen and oxygen atoms in total. The molecule has 0 unspecified atom stereocenters. The van der Waals surface area contributed by atoms with Crippen molar-refractivity contribution in [2.75, 3.05) is 13.7 Å². The van der Waals surface area contributed by atoms with Crippen LogP contribution in [0.25, 0.3) is 0 Å². The van der Waals surface area contributed by atoms with Crippen molar-refractivity contribution >= 4 is 0 Å². The highest BCUT2D eigenvalue weighted by Gasteiger charge is 2.22. The smallest absolute Gasteiger partial charge is 0.230 e. The Bertz CT molecular complexity index is 622. The first-order valence-corrected chi connectivity index (χ1v) is 6.29. The van der Waals surface area contributed by atoms with E-state index in [1.54, 1.807) is 11.8 Å². The summed E-state index contributed by atoms with van der Waals surface area (Å²) in [5.74, 6) is 0.678. The summed E-state index contributed by atoms with van der Waals surface area (Å²) in [4.78, 5) is 10.6. The van der Waals surface area contributed by atoms with Gasteiger partial charge in [0.15, 0.2) is 0 Å². The Morgan fingerprint density at radius 3 is 2.70 bits per heavy atom. The first kappa shape index (κ1) is 14.0. The first-order valence-electron chi connectivity index (χ1n) is 6.29. The van der Waals surface area contributed by atoms with Crippen molar-refractivity contribution in [1.82, 2.24) is 9.78 Å². The minimum Gasteiger partial charge on any atom is -0.497 e. The van der Waals surface area contributed by atoms with Crippen molar-refractivity contribution in [1.29, 1.82) is 0 Å². The van der Waals surface area contributed by atoms with Crippen molar-refractivity contribution in [3.8, 4) is 5.75 Å². The predicted octanol–water partition coefficient (Wildman–Crippen LogP) is 2.37. The van der Waals surface area contributed by atoms with Crippen LogP contribution in [0.5, 0.6) is 5.75 Å². The van der Waals surface area contributed by atoms with Crippen LogP contribution in [0.15, 0.2) is 30.3 Å². The van der Waals surface area contributed by atoms with Crippen LogP contribution >= 0.6 is 0 Å². The van der Waals surface area contributed by atoms with Gasteiger partial charge in [0.25, 0.3) is 0 Å². The SMILES string of the molecule is COc1cccc([C@H](C[N+](=O)[O-])n2nc(C)cc2C)c1. The Morgan fingerprint density at radius 1 is 1.40 bits per heavy atom. The van der Waals surface area contributed by atoms with E-state index in [1.165, 1.54) is 0 Å². The predicted molar refractivity (Wildman–Crippen MR) is 74.7 cm³/mol. The summed E-state index contributed by atoms with van der Waals surface area (Å²) in [7, 11) is 1.57. The molecule has 20 heavy (non-hydrogen) atoms. The number of ether oxygens (including phenoxy) is 1. The van der Waals surface area contributed by atoms with Crippen molar-refractivity contribution < 1.29 is 9.66 Å². The zero-order valence-corrected chi connectivity index (χ0v) is 11.7. The number of nitro groups is 1. The quantitative estimate of drug-likeness (QED) is 0.620. The van der Waals surface area contributed by atoms with Gasteiger partial charge in [-0.3, -0.25) is 14.8 Å². The van der Waals surface area contributed by atoms with Crippen molar-refractivity contribution in [2.24, 2.45) is 0 Å². The van der Waals surface area contributed by atoms with Gasteiger partial charge in [0.2, 0.25) is 6.54 Å². The minimum absolute atomic E-state index is 0.213. The fraction of sp³-hybridized carbons (Fsp3) is 0.357. The second-order valence-corrected chi connectivity index (χ2v) is 4.68. The van der Waals surface area contributed by atoms with E-state index in [2.05, 4.69) is 5.10 Å². The van der Waals surface area contributed by atoms with Gasteiger partial charge in [-0.05, 0) is 37.6 Å². The van der Waals surface area contributed by atoms with Crippen LogP contribution in [0, 0.1) is 24.0 Å². The molecular formula is C14H17N3O3. The number of rotatable bonds is 5. The molecule has 1 heterocycles. The summed E-state index contributed by atoms with van der Waals surface area (Å²) >= 11 is 0. The topological polar surface area (TPSA) is 70.2 Å². The molecule has 0 saturated carbocycles. The Hall–Kier alpha value is -2.37. The van der Waals surface area contributed by atoms with E-state index in [1.807, 2.05) is 44.2 Å². The molecule has 0 aliphatic rings. The molecule has 0 aliphatic carbocycles. The molecule has 0 saturated heterocycles. The molecule has 2 aromatic rings. The third-order valence-electron chi connectivity index (χ3n) is 3.14. The zero-order chi connectivity index (χ0) is 14.7. The summed E-state index contributed by atoms with van der Waals surface area (Å²) in [6, 6.07) is 8.78. The molecule has 0 fully saturated rings. The molecule has 1 aromatic heterocycles. The molecule has 0 aliphatic heterocycles.